The number of methoxy groups -OCH3 is 2. The molecule has 1 atom stereocenters. The van der Waals surface area contributed by atoms with E-state index in [0.29, 0.717) is 35.2 Å². The molecule has 1 heterocycles. The zero-order valence-corrected chi connectivity index (χ0v) is 13.7. The molecule has 8 heteroatoms. The molecule has 23 heavy (non-hydrogen) atoms. The molecule has 2 N–H and O–H groups in total. The minimum absolute atomic E-state index is 0.160. The summed E-state index contributed by atoms with van der Waals surface area (Å²) in [5, 5.41) is 5.57. The molecule has 1 unspecified atom stereocenters. The van der Waals surface area contributed by atoms with Crippen molar-refractivity contribution < 1.29 is 23.8 Å². The van der Waals surface area contributed by atoms with Crippen LogP contribution in [0.4, 0.5) is 5.69 Å². The molecule has 0 spiro atoms. The van der Waals surface area contributed by atoms with Gasteiger partial charge in [0.05, 0.1) is 31.5 Å². The van der Waals surface area contributed by atoms with Gasteiger partial charge >= 0.3 is 0 Å². The second-order valence-electron chi connectivity index (χ2n) is 4.95. The van der Waals surface area contributed by atoms with Crippen molar-refractivity contribution in [2.75, 3.05) is 32.7 Å². The predicted molar refractivity (Wildman–Crippen MR) is 85.2 cm³/mol. The number of hydrogen-bond acceptors (Lipinski definition) is 5. The first-order valence-corrected chi connectivity index (χ1v) is 7.53. The van der Waals surface area contributed by atoms with Crippen LogP contribution in [0.5, 0.6) is 11.5 Å². The van der Waals surface area contributed by atoms with E-state index in [2.05, 4.69) is 10.6 Å². The fourth-order valence-electron chi connectivity index (χ4n) is 2.22. The van der Waals surface area contributed by atoms with Crippen molar-refractivity contribution in [1.82, 2.24) is 5.32 Å². The average Bonchev–Trinajstić information content (AvgIpc) is 3.08. The lowest BCUT2D eigenvalue weighted by molar-refractivity contribution is -0.131. The summed E-state index contributed by atoms with van der Waals surface area (Å²) >= 11 is 6.00. The van der Waals surface area contributed by atoms with Crippen molar-refractivity contribution in [3.63, 3.8) is 0 Å². The minimum Gasteiger partial charge on any atom is -0.495 e. The van der Waals surface area contributed by atoms with Crippen LogP contribution in [0.2, 0.25) is 5.02 Å². The van der Waals surface area contributed by atoms with Crippen molar-refractivity contribution in [3.8, 4) is 11.5 Å². The predicted octanol–water partition coefficient (Wildman–Crippen LogP) is 1.59. The number of anilines is 1. The number of hydrogen-bond donors (Lipinski definition) is 2. The molecule has 0 radical (unpaired) electrons. The Morgan fingerprint density at radius 1 is 1.30 bits per heavy atom. The van der Waals surface area contributed by atoms with Gasteiger partial charge in [0, 0.05) is 18.7 Å². The second kappa shape index (κ2) is 8.03. The minimum atomic E-state index is -0.465. The van der Waals surface area contributed by atoms with Crippen molar-refractivity contribution in [1.29, 1.82) is 0 Å². The number of carbonyl (C=O) groups excluding carboxylic acids is 2. The molecule has 126 valence electrons. The van der Waals surface area contributed by atoms with E-state index in [1.54, 1.807) is 12.1 Å². The molecule has 1 aliphatic rings. The first kappa shape index (κ1) is 17.4. The van der Waals surface area contributed by atoms with E-state index in [9.17, 15) is 9.59 Å². The fourth-order valence-corrected chi connectivity index (χ4v) is 2.45. The molecule has 1 saturated heterocycles. The highest BCUT2D eigenvalue weighted by Crippen LogP contribution is 2.35. The van der Waals surface area contributed by atoms with Crippen molar-refractivity contribution >= 4 is 29.1 Å². The highest BCUT2D eigenvalue weighted by molar-refractivity contribution is 6.32. The molecule has 1 fully saturated rings. The van der Waals surface area contributed by atoms with Crippen LogP contribution >= 0.6 is 11.6 Å². The van der Waals surface area contributed by atoms with Gasteiger partial charge in [0.1, 0.15) is 17.6 Å². The Bertz CT molecular complexity index is 587. The molecule has 1 aromatic carbocycles. The molecular formula is C15H19ClN2O5. The van der Waals surface area contributed by atoms with Crippen LogP contribution in [-0.2, 0) is 14.3 Å². The number of rotatable bonds is 6. The Kier molecular flexibility index (Phi) is 6.06. The van der Waals surface area contributed by atoms with Crippen molar-refractivity contribution in [3.05, 3.63) is 17.2 Å². The molecular weight excluding hydrogens is 324 g/mol. The van der Waals surface area contributed by atoms with E-state index in [0.717, 1.165) is 6.42 Å². The van der Waals surface area contributed by atoms with Crippen LogP contribution < -0.4 is 20.1 Å². The van der Waals surface area contributed by atoms with Gasteiger partial charge in [0.25, 0.3) is 0 Å². The average molecular weight is 343 g/mol. The SMILES string of the molecule is COc1cc(NC(=O)CNC(=O)C2CCCO2)c(OC)cc1Cl. The maximum atomic E-state index is 12.0. The third-order valence-corrected chi connectivity index (χ3v) is 3.69. The van der Waals surface area contributed by atoms with Crippen LogP contribution in [0.1, 0.15) is 12.8 Å². The van der Waals surface area contributed by atoms with Crippen molar-refractivity contribution in [2.45, 2.75) is 18.9 Å². The molecule has 0 bridgehead atoms. The van der Waals surface area contributed by atoms with E-state index in [1.165, 1.54) is 14.2 Å². The van der Waals surface area contributed by atoms with E-state index < -0.39 is 6.10 Å². The van der Waals surface area contributed by atoms with Gasteiger partial charge in [-0.3, -0.25) is 9.59 Å². The highest BCUT2D eigenvalue weighted by atomic mass is 35.5. The number of amides is 2. The Balaban J connectivity index is 1.95. The lowest BCUT2D eigenvalue weighted by atomic mass is 10.2. The summed E-state index contributed by atoms with van der Waals surface area (Å²) in [5.74, 6) is 0.137. The topological polar surface area (TPSA) is 85.9 Å². The van der Waals surface area contributed by atoms with Gasteiger partial charge in [0.2, 0.25) is 11.8 Å². The normalized spacial score (nSPS) is 16.7. The highest BCUT2D eigenvalue weighted by Gasteiger charge is 2.23. The lowest BCUT2D eigenvalue weighted by Crippen LogP contribution is -2.39. The number of benzene rings is 1. The summed E-state index contributed by atoms with van der Waals surface area (Å²) in [6.07, 6.45) is 1.06. The zero-order valence-electron chi connectivity index (χ0n) is 13.0. The van der Waals surface area contributed by atoms with Gasteiger partial charge in [-0.2, -0.15) is 0 Å². The Labute approximate surface area is 139 Å². The third-order valence-electron chi connectivity index (χ3n) is 3.39. The van der Waals surface area contributed by atoms with Crippen LogP contribution in [0.3, 0.4) is 0 Å². The monoisotopic (exact) mass is 342 g/mol. The Hall–Kier alpha value is -1.99. The van der Waals surface area contributed by atoms with Crippen LogP contribution in [0, 0.1) is 0 Å². The Morgan fingerprint density at radius 3 is 2.65 bits per heavy atom. The summed E-state index contributed by atoms with van der Waals surface area (Å²) in [5.41, 5.74) is 0.408. The second-order valence-corrected chi connectivity index (χ2v) is 5.36. The Morgan fingerprint density at radius 2 is 2.04 bits per heavy atom. The van der Waals surface area contributed by atoms with Gasteiger partial charge in [-0.1, -0.05) is 11.6 Å². The summed E-state index contributed by atoms with van der Waals surface area (Å²) < 4.78 is 15.5. The van der Waals surface area contributed by atoms with E-state index in [1.807, 2.05) is 0 Å². The molecule has 7 nitrogen and oxygen atoms in total. The first-order valence-electron chi connectivity index (χ1n) is 7.16. The van der Waals surface area contributed by atoms with Gasteiger partial charge in [-0.05, 0) is 12.8 Å². The van der Waals surface area contributed by atoms with Gasteiger partial charge < -0.3 is 24.8 Å². The summed E-state index contributed by atoms with van der Waals surface area (Å²) in [4.78, 5) is 23.8. The molecule has 0 saturated carbocycles. The molecule has 2 amide bonds. The van der Waals surface area contributed by atoms with Crippen LogP contribution in [0.25, 0.3) is 0 Å². The zero-order chi connectivity index (χ0) is 16.8. The number of ether oxygens (including phenoxy) is 3. The maximum absolute atomic E-state index is 12.0. The quantitative estimate of drug-likeness (QED) is 0.820. The maximum Gasteiger partial charge on any atom is 0.249 e. The standard InChI is InChI=1S/C15H19ClN2O5/c1-21-12-7-10(13(22-2)6-9(12)16)18-14(19)8-17-15(20)11-4-3-5-23-11/h6-7,11H,3-5,8H2,1-2H3,(H,17,20)(H,18,19). The largest absolute Gasteiger partial charge is 0.495 e. The van der Waals surface area contributed by atoms with Gasteiger partial charge in [-0.25, -0.2) is 0 Å². The van der Waals surface area contributed by atoms with Gasteiger partial charge in [0.15, 0.2) is 0 Å². The molecule has 2 rings (SSSR count). The van der Waals surface area contributed by atoms with E-state index in [4.69, 9.17) is 25.8 Å². The number of carbonyl (C=O) groups is 2. The van der Waals surface area contributed by atoms with Crippen LogP contribution in [-0.4, -0.2) is 45.3 Å². The lowest BCUT2D eigenvalue weighted by Gasteiger charge is -2.14. The fraction of sp³-hybridized carbons (Fsp3) is 0.467. The van der Waals surface area contributed by atoms with Crippen LogP contribution in [0.15, 0.2) is 12.1 Å². The molecule has 0 aromatic heterocycles. The molecule has 0 aliphatic carbocycles. The van der Waals surface area contributed by atoms with Crippen molar-refractivity contribution in [2.24, 2.45) is 0 Å². The number of halogens is 1. The summed E-state index contributed by atoms with van der Waals surface area (Å²) in [6.45, 7) is 0.416. The van der Waals surface area contributed by atoms with E-state index >= 15 is 0 Å². The van der Waals surface area contributed by atoms with Gasteiger partial charge in [-0.15, -0.1) is 0 Å². The third kappa shape index (κ3) is 4.49. The molecule has 1 aliphatic heterocycles. The smallest absolute Gasteiger partial charge is 0.249 e. The summed E-state index contributed by atoms with van der Waals surface area (Å²) in [7, 11) is 2.94. The molecule has 1 aromatic rings. The van der Waals surface area contributed by atoms with E-state index in [-0.39, 0.29) is 18.4 Å². The first-order chi connectivity index (χ1) is 11.0. The summed E-state index contributed by atoms with van der Waals surface area (Å²) in [6, 6.07) is 3.10. The number of nitrogens with one attached hydrogen (secondary N) is 2.